The summed E-state index contributed by atoms with van der Waals surface area (Å²) < 4.78 is 1.33. The molecule has 1 aromatic heterocycles. The van der Waals surface area contributed by atoms with Crippen LogP contribution in [0.1, 0.15) is 18.9 Å². The molecule has 6 heteroatoms. The number of halogens is 1. The van der Waals surface area contributed by atoms with E-state index < -0.39 is 0 Å². The van der Waals surface area contributed by atoms with Gasteiger partial charge in [0, 0.05) is 6.04 Å². The van der Waals surface area contributed by atoms with Crippen molar-refractivity contribution in [3.8, 4) is 0 Å². The Bertz CT molecular complexity index is 757. The summed E-state index contributed by atoms with van der Waals surface area (Å²) in [6, 6.07) is 5.04. The van der Waals surface area contributed by atoms with Gasteiger partial charge in [-0.05, 0) is 45.1 Å². The molecule has 1 fully saturated rings. The fourth-order valence-corrected chi connectivity index (χ4v) is 3.07. The number of fused-ring (bicyclic) bond motifs is 1. The molecule has 0 saturated carbocycles. The number of hydrogen-bond acceptors (Lipinski definition) is 3. The second-order valence-corrected chi connectivity index (χ2v) is 5.71. The van der Waals surface area contributed by atoms with Gasteiger partial charge in [0.2, 0.25) is 0 Å². The van der Waals surface area contributed by atoms with Gasteiger partial charge in [-0.25, -0.2) is 4.79 Å². The summed E-state index contributed by atoms with van der Waals surface area (Å²) >= 11 is 6.11. The van der Waals surface area contributed by atoms with Crippen LogP contribution in [-0.2, 0) is 0 Å². The van der Waals surface area contributed by atoms with Crippen LogP contribution in [0.3, 0.4) is 0 Å². The largest absolute Gasteiger partial charge is 0.329 e. The predicted molar refractivity (Wildman–Crippen MR) is 79.6 cm³/mol. The zero-order chi connectivity index (χ0) is 14.3. The molecule has 106 valence electrons. The van der Waals surface area contributed by atoms with Crippen LogP contribution in [0.4, 0.5) is 0 Å². The summed E-state index contributed by atoms with van der Waals surface area (Å²) in [7, 11) is 2.04. The minimum Gasteiger partial charge on any atom is -0.307 e. The van der Waals surface area contributed by atoms with Crippen LogP contribution in [0.2, 0.25) is 5.02 Å². The monoisotopic (exact) mass is 293 g/mol. The van der Waals surface area contributed by atoms with Crippen LogP contribution in [-0.4, -0.2) is 34.6 Å². The number of piperidine rings is 1. The highest BCUT2D eigenvalue weighted by molar-refractivity contribution is 6.35. The molecule has 1 saturated heterocycles. The zero-order valence-electron chi connectivity index (χ0n) is 11.2. The lowest BCUT2D eigenvalue weighted by Crippen LogP contribution is -2.42. The number of aromatic amines is 1. The molecule has 0 spiro atoms. The first-order valence-electron chi connectivity index (χ1n) is 6.69. The SMILES string of the molecule is CN1CCC(n2c(=O)[nH]c3cccc(Cl)c3c2=O)CC1. The Balaban J connectivity index is 2.19. The average Bonchev–Trinajstić information content (AvgIpc) is 2.40. The lowest BCUT2D eigenvalue weighted by molar-refractivity contribution is 0.216. The van der Waals surface area contributed by atoms with Crippen molar-refractivity contribution in [1.82, 2.24) is 14.5 Å². The van der Waals surface area contributed by atoms with E-state index in [1.807, 2.05) is 7.05 Å². The van der Waals surface area contributed by atoms with E-state index in [-0.39, 0.29) is 17.3 Å². The summed E-state index contributed by atoms with van der Waals surface area (Å²) in [5.41, 5.74) is -0.139. The minimum absolute atomic E-state index is 0.0527. The van der Waals surface area contributed by atoms with Gasteiger partial charge in [-0.3, -0.25) is 9.36 Å². The molecule has 0 amide bonds. The van der Waals surface area contributed by atoms with E-state index in [2.05, 4.69) is 9.88 Å². The molecule has 0 aliphatic carbocycles. The first-order chi connectivity index (χ1) is 9.58. The summed E-state index contributed by atoms with van der Waals surface area (Å²) in [5, 5.41) is 0.776. The van der Waals surface area contributed by atoms with Crippen LogP contribution in [0.15, 0.2) is 27.8 Å². The highest BCUT2D eigenvalue weighted by atomic mass is 35.5. The Morgan fingerprint density at radius 1 is 1.25 bits per heavy atom. The second kappa shape index (κ2) is 5.07. The minimum atomic E-state index is -0.348. The van der Waals surface area contributed by atoms with Gasteiger partial charge in [-0.15, -0.1) is 0 Å². The number of rotatable bonds is 1. The third-order valence-corrected chi connectivity index (χ3v) is 4.27. The highest BCUT2D eigenvalue weighted by Crippen LogP contribution is 2.21. The molecule has 1 N–H and O–H groups in total. The molecule has 1 aliphatic rings. The van der Waals surface area contributed by atoms with E-state index in [1.165, 1.54) is 4.57 Å². The topological polar surface area (TPSA) is 58.1 Å². The normalized spacial score (nSPS) is 17.7. The van der Waals surface area contributed by atoms with Gasteiger partial charge in [-0.2, -0.15) is 0 Å². The molecule has 0 atom stereocenters. The van der Waals surface area contributed by atoms with Crippen molar-refractivity contribution >= 4 is 22.5 Å². The van der Waals surface area contributed by atoms with Crippen molar-refractivity contribution in [3.63, 3.8) is 0 Å². The summed E-state index contributed by atoms with van der Waals surface area (Å²) in [5.74, 6) is 0. The molecule has 5 nitrogen and oxygen atoms in total. The van der Waals surface area contributed by atoms with Gasteiger partial charge in [0.25, 0.3) is 5.56 Å². The molecule has 0 radical (unpaired) electrons. The molecular formula is C14H16ClN3O2. The lowest BCUT2D eigenvalue weighted by Gasteiger charge is -2.29. The number of nitrogens with one attached hydrogen (secondary N) is 1. The van der Waals surface area contributed by atoms with Gasteiger partial charge in [-0.1, -0.05) is 17.7 Å². The first-order valence-corrected chi connectivity index (χ1v) is 7.07. The number of H-pyrrole nitrogens is 1. The fraction of sp³-hybridized carbons (Fsp3) is 0.429. The number of aromatic nitrogens is 2. The molecule has 3 rings (SSSR count). The van der Waals surface area contributed by atoms with Gasteiger partial charge < -0.3 is 9.88 Å². The van der Waals surface area contributed by atoms with Gasteiger partial charge in [0.1, 0.15) is 0 Å². The average molecular weight is 294 g/mol. The number of nitrogens with zero attached hydrogens (tertiary/aromatic N) is 2. The molecule has 0 bridgehead atoms. The van der Waals surface area contributed by atoms with Gasteiger partial charge in [0.05, 0.1) is 15.9 Å². The summed E-state index contributed by atoms with van der Waals surface area (Å²) in [6.07, 6.45) is 1.60. The molecular weight excluding hydrogens is 278 g/mol. The van der Waals surface area contributed by atoms with E-state index >= 15 is 0 Å². The molecule has 20 heavy (non-hydrogen) atoms. The maximum absolute atomic E-state index is 12.6. The fourth-order valence-electron chi connectivity index (χ4n) is 2.82. The maximum Gasteiger partial charge on any atom is 0.329 e. The first kappa shape index (κ1) is 13.4. The Labute approximate surface area is 120 Å². The van der Waals surface area contributed by atoms with Crippen LogP contribution in [0.5, 0.6) is 0 Å². The van der Waals surface area contributed by atoms with Crippen molar-refractivity contribution in [2.24, 2.45) is 0 Å². The van der Waals surface area contributed by atoms with Crippen molar-refractivity contribution < 1.29 is 0 Å². The third kappa shape index (κ3) is 2.17. The van der Waals surface area contributed by atoms with Gasteiger partial charge >= 0.3 is 5.69 Å². The predicted octanol–water partition coefficient (Wildman–Crippen LogP) is 1.61. The Morgan fingerprint density at radius 3 is 2.65 bits per heavy atom. The van der Waals surface area contributed by atoms with Crippen molar-refractivity contribution in [3.05, 3.63) is 44.1 Å². The van der Waals surface area contributed by atoms with Crippen LogP contribution in [0.25, 0.3) is 10.9 Å². The van der Waals surface area contributed by atoms with Crippen LogP contribution in [0, 0.1) is 0 Å². The molecule has 0 unspecified atom stereocenters. The van der Waals surface area contributed by atoms with Crippen LogP contribution >= 0.6 is 11.6 Å². The van der Waals surface area contributed by atoms with E-state index in [9.17, 15) is 9.59 Å². The van der Waals surface area contributed by atoms with Crippen LogP contribution < -0.4 is 11.2 Å². The Morgan fingerprint density at radius 2 is 1.95 bits per heavy atom. The lowest BCUT2D eigenvalue weighted by atomic mass is 10.1. The smallest absolute Gasteiger partial charge is 0.307 e. The quantitative estimate of drug-likeness (QED) is 0.869. The van der Waals surface area contributed by atoms with Crippen molar-refractivity contribution in [1.29, 1.82) is 0 Å². The second-order valence-electron chi connectivity index (χ2n) is 5.30. The standard InChI is InChI=1S/C14H16ClN3O2/c1-17-7-5-9(6-8-17)18-13(19)12-10(15)3-2-4-11(12)16-14(18)20/h2-4,9H,5-8H2,1H3,(H,16,20). The summed E-state index contributed by atoms with van der Waals surface area (Å²) in [6.45, 7) is 1.77. The van der Waals surface area contributed by atoms with E-state index in [0.717, 1.165) is 25.9 Å². The Kier molecular flexibility index (Phi) is 3.40. The number of likely N-dealkylation sites (tertiary alicyclic amines) is 1. The van der Waals surface area contributed by atoms with Gasteiger partial charge in [0.15, 0.2) is 0 Å². The number of hydrogen-bond donors (Lipinski definition) is 1. The number of benzene rings is 1. The van der Waals surface area contributed by atoms with E-state index in [0.29, 0.717) is 15.9 Å². The maximum atomic E-state index is 12.6. The zero-order valence-corrected chi connectivity index (χ0v) is 12.0. The molecule has 2 aromatic rings. The van der Waals surface area contributed by atoms with Crippen molar-refractivity contribution in [2.45, 2.75) is 18.9 Å². The summed E-state index contributed by atoms with van der Waals surface area (Å²) in [4.78, 5) is 29.7. The third-order valence-electron chi connectivity index (χ3n) is 3.96. The van der Waals surface area contributed by atoms with Crippen molar-refractivity contribution in [2.75, 3.05) is 20.1 Å². The van der Waals surface area contributed by atoms with E-state index in [4.69, 9.17) is 11.6 Å². The Hall–Kier alpha value is -1.59. The molecule has 2 heterocycles. The molecule has 1 aliphatic heterocycles. The van der Waals surface area contributed by atoms with E-state index in [1.54, 1.807) is 18.2 Å². The molecule has 1 aromatic carbocycles. The highest BCUT2D eigenvalue weighted by Gasteiger charge is 2.22.